The van der Waals surface area contributed by atoms with Crippen molar-refractivity contribution in [2.75, 3.05) is 40.8 Å². The molecule has 6 heteroatoms. The van der Waals surface area contributed by atoms with E-state index in [1.54, 1.807) is 7.05 Å². The van der Waals surface area contributed by atoms with Crippen molar-refractivity contribution in [3.05, 3.63) is 30.3 Å². The van der Waals surface area contributed by atoms with Crippen LogP contribution in [-0.4, -0.2) is 57.7 Å². The van der Waals surface area contributed by atoms with Crippen LogP contribution in [0.5, 0.6) is 5.75 Å². The molecule has 0 bridgehead atoms. The van der Waals surface area contributed by atoms with Gasteiger partial charge in [0.1, 0.15) is 12.4 Å². The fourth-order valence-corrected chi connectivity index (χ4v) is 2.31. The summed E-state index contributed by atoms with van der Waals surface area (Å²) in [5, 5.41) is 6.68. The van der Waals surface area contributed by atoms with E-state index in [0.29, 0.717) is 25.1 Å². The van der Waals surface area contributed by atoms with Crippen LogP contribution in [0, 0.1) is 5.92 Å². The van der Waals surface area contributed by atoms with E-state index in [2.05, 4.69) is 48.5 Å². The normalized spacial score (nSPS) is 12.7. The molecule has 0 aliphatic rings. The third-order valence-electron chi connectivity index (χ3n) is 3.61. The van der Waals surface area contributed by atoms with Crippen LogP contribution in [0.4, 0.5) is 0 Å². The van der Waals surface area contributed by atoms with Crippen molar-refractivity contribution in [2.45, 2.75) is 26.3 Å². The van der Waals surface area contributed by atoms with Gasteiger partial charge in [0.25, 0.3) is 0 Å². The predicted octanol–water partition coefficient (Wildman–Crippen LogP) is 2.82. The van der Waals surface area contributed by atoms with Crippen LogP contribution >= 0.6 is 24.0 Å². The summed E-state index contributed by atoms with van der Waals surface area (Å²) in [5.74, 6) is 2.39. The minimum Gasteiger partial charge on any atom is -0.492 e. The lowest BCUT2D eigenvalue weighted by atomic mass is 10.0. The largest absolute Gasteiger partial charge is 0.492 e. The Morgan fingerprint density at radius 1 is 1.17 bits per heavy atom. The van der Waals surface area contributed by atoms with Gasteiger partial charge in [0.15, 0.2) is 5.96 Å². The maximum atomic E-state index is 5.66. The van der Waals surface area contributed by atoms with Crippen LogP contribution in [0.25, 0.3) is 0 Å². The monoisotopic (exact) mass is 448 g/mol. The van der Waals surface area contributed by atoms with Gasteiger partial charge in [-0.15, -0.1) is 24.0 Å². The number of halogens is 1. The first-order valence-corrected chi connectivity index (χ1v) is 8.31. The molecule has 0 heterocycles. The second-order valence-corrected chi connectivity index (χ2v) is 6.29. The predicted molar refractivity (Wildman–Crippen MR) is 114 cm³/mol. The minimum absolute atomic E-state index is 0. The fourth-order valence-electron chi connectivity index (χ4n) is 2.31. The number of nitrogens with zero attached hydrogens (tertiary/aromatic N) is 2. The highest BCUT2D eigenvalue weighted by molar-refractivity contribution is 14.0. The Balaban J connectivity index is 0.00000529. The van der Waals surface area contributed by atoms with Gasteiger partial charge >= 0.3 is 0 Å². The number of likely N-dealkylation sites (N-methyl/N-ethyl adjacent to an activating group) is 1. The summed E-state index contributed by atoms with van der Waals surface area (Å²) in [7, 11) is 6.04. The van der Waals surface area contributed by atoms with Gasteiger partial charge in [0, 0.05) is 19.6 Å². The van der Waals surface area contributed by atoms with Crippen LogP contribution in [0.3, 0.4) is 0 Å². The number of nitrogens with one attached hydrogen (secondary N) is 2. The quantitative estimate of drug-likeness (QED) is 0.264. The van der Waals surface area contributed by atoms with E-state index in [9.17, 15) is 0 Å². The summed E-state index contributed by atoms with van der Waals surface area (Å²) in [4.78, 5) is 6.53. The maximum Gasteiger partial charge on any atom is 0.191 e. The average Bonchev–Trinajstić information content (AvgIpc) is 2.53. The van der Waals surface area contributed by atoms with Crippen LogP contribution in [-0.2, 0) is 0 Å². The Morgan fingerprint density at radius 2 is 1.83 bits per heavy atom. The summed E-state index contributed by atoms with van der Waals surface area (Å²) in [5.41, 5.74) is 0. The van der Waals surface area contributed by atoms with Crippen LogP contribution in [0.15, 0.2) is 35.3 Å². The molecule has 0 saturated heterocycles. The molecule has 0 amide bonds. The first-order valence-electron chi connectivity index (χ1n) is 8.31. The molecule has 24 heavy (non-hydrogen) atoms. The molecule has 0 aromatic heterocycles. The summed E-state index contributed by atoms with van der Waals surface area (Å²) in [6.07, 6.45) is 1.16. The number of ether oxygens (including phenoxy) is 1. The molecule has 5 nitrogen and oxygen atoms in total. The molecular weight excluding hydrogens is 415 g/mol. The van der Waals surface area contributed by atoms with Crippen LogP contribution < -0.4 is 15.4 Å². The van der Waals surface area contributed by atoms with Crippen molar-refractivity contribution in [1.82, 2.24) is 15.5 Å². The van der Waals surface area contributed by atoms with Crippen LogP contribution in [0.1, 0.15) is 20.3 Å². The van der Waals surface area contributed by atoms with E-state index < -0.39 is 0 Å². The van der Waals surface area contributed by atoms with Crippen molar-refractivity contribution < 1.29 is 4.74 Å². The van der Waals surface area contributed by atoms with Gasteiger partial charge in [-0.25, -0.2) is 0 Å². The SMILES string of the molecule is CN=C(NCCOc1ccccc1)NCC(CC(C)C)N(C)C.I. The first-order chi connectivity index (χ1) is 11.0. The summed E-state index contributed by atoms with van der Waals surface area (Å²) < 4.78 is 5.66. The molecule has 1 rings (SSSR count). The molecule has 0 radical (unpaired) electrons. The number of para-hydroxylation sites is 1. The Hall–Kier alpha value is -1.02. The summed E-state index contributed by atoms with van der Waals surface area (Å²) in [6.45, 7) is 6.71. The molecule has 2 N–H and O–H groups in total. The number of rotatable bonds is 9. The average molecular weight is 448 g/mol. The number of hydrogen-bond donors (Lipinski definition) is 2. The lowest BCUT2D eigenvalue weighted by Crippen LogP contribution is -2.46. The molecule has 0 aliphatic carbocycles. The summed E-state index contributed by atoms with van der Waals surface area (Å²) in [6, 6.07) is 10.3. The van der Waals surface area contributed by atoms with Gasteiger partial charge in [0.2, 0.25) is 0 Å². The lowest BCUT2D eigenvalue weighted by Gasteiger charge is -2.27. The highest BCUT2D eigenvalue weighted by Gasteiger charge is 2.13. The number of benzene rings is 1. The number of aliphatic imine (C=N–C) groups is 1. The first kappa shape index (κ1) is 23.0. The molecule has 138 valence electrons. The molecule has 0 spiro atoms. The molecule has 0 aliphatic heterocycles. The second-order valence-electron chi connectivity index (χ2n) is 6.29. The topological polar surface area (TPSA) is 48.9 Å². The zero-order chi connectivity index (χ0) is 17.1. The maximum absolute atomic E-state index is 5.66. The third kappa shape index (κ3) is 9.97. The van der Waals surface area contributed by atoms with E-state index in [-0.39, 0.29) is 24.0 Å². The van der Waals surface area contributed by atoms with Gasteiger partial charge in [-0.3, -0.25) is 4.99 Å². The molecule has 1 aromatic carbocycles. The Kier molecular flexibility index (Phi) is 12.7. The zero-order valence-electron chi connectivity index (χ0n) is 15.6. The Bertz CT molecular complexity index is 452. The van der Waals surface area contributed by atoms with Crippen molar-refractivity contribution in [1.29, 1.82) is 0 Å². The molecule has 1 atom stereocenters. The minimum atomic E-state index is 0. The van der Waals surface area contributed by atoms with Gasteiger partial charge in [-0.05, 0) is 38.6 Å². The lowest BCUT2D eigenvalue weighted by molar-refractivity contribution is 0.254. The molecular formula is C18H33IN4O. The summed E-state index contributed by atoms with van der Waals surface area (Å²) >= 11 is 0. The molecule has 1 unspecified atom stereocenters. The van der Waals surface area contributed by atoms with E-state index in [4.69, 9.17) is 4.74 Å². The second kappa shape index (κ2) is 13.3. The Morgan fingerprint density at radius 3 is 2.38 bits per heavy atom. The van der Waals surface area contributed by atoms with E-state index in [1.165, 1.54) is 0 Å². The molecule has 1 aromatic rings. The number of hydrogen-bond acceptors (Lipinski definition) is 3. The van der Waals surface area contributed by atoms with Crippen molar-refractivity contribution in [3.8, 4) is 5.75 Å². The van der Waals surface area contributed by atoms with Gasteiger partial charge in [-0.2, -0.15) is 0 Å². The van der Waals surface area contributed by atoms with Crippen molar-refractivity contribution in [2.24, 2.45) is 10.9 Å². The van der Waals surface area contributed by atoms with Gasteiger partial charge < -0.3 is 20.3 Å². The van der Waals surface area contributed by atoms with Crippen LogP contribution in [0.2, 0.25) is 0 Å². The smallest absolute Gasteiger partial charge is 0.191 e. The molecule has 0 saturated carbocycles. The van der Waals surface area contributed by atoms with Gasteiger partial charge in [-0.1, -0.05) is 32.0 Å². The zero-order valence-corrected chi connectivity index (χ0v) is 17.9. The standard InChI is InChI=1S/C18H32N4O.HI/c1-15(2)13-16(22(4)5)14-21-18(19-3)20-11-12-23-17-9-7-6-8-10-17;/h6-10,15-16H,11-14H2,1-5H3,(H2,19,20,21);1H. The highest BCUT2D eigenvalue weighted by atomic mass is 127. The Labute approximate surface area is 164 Å². The van der Waals surface area contributed by atoms with E-state index in [0.717, 1.165) is 24.7 Å². The van der Waals surface area contributed by atoms with E-state index in [1.807, 2.05) is 30.3 Å². The molecule has 0 fully saturated rings. The third-order valence-corrected chi connectivity index (χ3v) is 3.61. The van der Waals surface area contributed by atoms with Crippen molar-refractivity contribution >= 4 is 29.9 Å². The van der Waals surface area contributed by atoms with Crippen molar-refractivity contribution in [3.63, 3.8) is 0 Å². The van der Waals surface area contributed by atoms with Gasteiger partial charge in [0.05, 0.1) is 6.54 Å². The highest BCUT2D eigenvalue weighted by Crippen LogP contribution is 2.08. The fraction of sp³-hybridized carbons (Fsp3) is 0.611. The van der Waals surface area contributed by atoms with E-state index >= 15 is 0 Å². The number of guanidine groups is 1.